The van der Waals surface area contributed by atoms with Crippen molar-refractivity contribution < 1.29 is 23.9 Å². The number of halogens is 1. The Balaban J connectivity index is 2.81. The van der Waals surface area contributed by atoms with Gasteiger partial charge < -0.3 is 16.2 Å². The third kappa shape index (κ3) is 3.85. The molecule has 96 valence electrons. The summed E-state index contributed by atoms with van der Waals surface area (Å²) >= 11 is 0. The van der Waals surface area contributed by atoms with Crippen molar-refractivity contribution in [3.63, 3.8) is 0 Å². The summed E-state index contributed by atoms with van der Waals surface area (Å²) in [4.78, 5) is 32.7. The minimum atomic E-state index is -1.11. The monoisotopic (exact) mass is 254 g/mol. The van der Waals surface area contributed by atoms with Crippen LogP contribution in [-0.4, -0.2) is 22.9 Å². The quantitative estimate of drug-likeness (QED) is 0.719. The second kappa shape index (κ2) is 5.76. The normalized spacial score (nSPS) is 9.83. The maximum Gasteiger partial charge on any atom is 0.303 e. The van der Waals surface area contributed by atoms with E-state index in [2.05, 4.69) is 5.32 Å². The third-order valence-electron chi connectivity index (χ3n) is 2.09. The van der Waals surface area contributed by atoms with Crippen molar-refractivity contribution in [1.82, 2.24) is 0 Å². The molecule has 0 atom stereocenters. The Bertz CT molecular complexity index is 502. The number of carboxylic acid groups (broad SMARTS) is 1. The number of carbonyl (C=O) groups is 3. The van der Waals surface area contributed by atoms with Crippen LogP contribution in [0, 0.1) is 5.82 Å². The fourth-order valence-electron chi connectivity index (χ4n) is 1.26. The molecule has 0 saturated heterocycles. The Kier molecular flexibility index (Phi) is 4.36. The van der Waals surface area contributed by atoms with Crippen molar-refractivity contribution in [2.45, 2.75) is 12.8 Å². The minimum absolute atomic E-state index is 0.0549. The number of carbonyl (C=O) groups excluding carboxylic acids is 2. The number of anilines is 1. The van der Waals surface area contributed by atoms with Crippen molar-refractivity contribution in [3.8, 4) is 0 Å². The van der Waals surface area contributed by atoms with Crippen LogP contribution < -0.4 is 11.1 Å². The maximum atomic E-state index is 12.9. The van der Waals surface area contributed by atoms with Crippen LogP contribution in [0.15, 0.2) is 18.2 Å². The Hall–Kier alpha value is -2.44. The molecule has 0 aliphatic carbocycles. The zero-order valence-electron chi connectivity index (χ0n) is 9.27. The lowest BCUT2D eigenvalue weighted by atomic mass is 10.1. The summed E-state index contributed by atoms with van der Waals surface area (Å²) in [6, 6.07) is 3.14. The molecule has 0 saturated carbocycles. The molecule has 0 fully saturated rings. The molecule has 0 aliphatic rings. The molecule has 1 rings (SSSR count). The van der Waals surface area contributed by atoms with Gasteiger partial charge >= 0.3 is 5.97 Å². The molecule has 0 aliphatic heterocycles. The number of carboxylic acids is 1. The molecule has 1 aromatic carbocycles. The highest BCUT2D eigenvalue weighted by atomic mass is 19.1. The highest BCUT2D eigenvalue weighted by Crippen LogP contribution is 2.16. The molecular weight excluding hydrogens is 243 g/mol. The molecule has 7 heteroatoms. The second-order valence-electron chi connectivity index (χ2n) is 3.50. The fourth-order valence-corrected chi connectivity index (χ4v) is 1.26. The van der Waals surface area contributed by atoms with E-state index in [1.54, 1.807) is 0 Å². The number of nitrogens with one attached hydrogen (secondary N) is 1. The lowest BCUT2D eigenvalue weighted by Crippen LogP contribution is -2.19. The predicted molar refractivity (Wildman–Crippen MR) is 60.4 cm³/mol. The average Bonchev–Trinajstić information content (AvgIpc) is 2.28. The third-order valence-corrected chi connectivity index (χ3v) is 2.09. The number of hydrogen-bond donors (Lipinski definition) is 3. The number of hydrogen-bond acceptors (Lipinski definition) is 3. The highest BCUT2D eigenvalue weighted by molar-refractivity contribution is 6.03. The van der Waals surface area contributed by atoms with E-state index in [4.69, 9.17) is 10.8 Å². The summed E-state index contributed by atoms with van der Waals surface area (Å²) in [6.45, 7) is 0. The largest absolute Gasteiger partial charge is 0.481 e. The Morgan fingerprint density at radius 1 is 1.28 bits per heavy atom. The molecule has 1 aromatic rings. The number of rotatable bonds is 5. The van der Waals surface area contributed by atoms with Gasteiger partial charge in [0.2, 0.25) is 5.91 Å². The molecule has 0 heterocycles. The molecule has 0 radical (unpaired) electrons. The highest BCUT2D eigenvalue weighted by Gasteiger charge is 2.12. The first-order chi connectivity index (χ1) is 8.40. The Morgan fingerprint density at radius 3 is 2.50 bits per heavy atom. The minimum Gasteiger partial charge on any atom is -0.481 e. The number of aliphatic carboxylic acids is 1. The summed E-state index contributed by atoms with van der Waals surface area (Å²) in [5, 5.41) is 10.7. The van der Waals surface area contributed by atoms with Gasteiger partial charge in [-0.1, -0.05) is 0 Å². The van der Waals surface area contributed by atoms with Crippen LogP contribution in [0.25, 0.3) is 0 Å². The van der Waals surface area contributed by atoms with Crippen molar-refractivity contribution in [2.75, 3.05) is 5.32 Å². The van der Waals surface area contributed by atoms with E-state index in [0.29, 0.717) is 0 Å². The Labute approximate surface area is 102 Å². The van der Waals surface area contributed by atoms with E-state index < -0.39 is 23.6 Å². The maximum absolute atomic E-state index is 12.9. The van der Waals surface area contributed by atoms with Gasteiger partial charge in [0.25, 0.3) is 5.91 Å². The van der Waals surface area contributed by atoms with Crippen LogP contribution in [0.1, 0.15) is 23.2 Å². The lowest BCUT2D eigenvalue weighted by Gasteiger charge is -2.08. The first-order valence-electron chi connectivity index (χ1n) is 5.01. The topological polar surface area (TPSA) is 109 Å². The molecule has 0 aromatic heterocycles. The van der Waals surface area contributed by atoms with E-state index in [0.717, 1.165) is 12.1 Å². The van der Waals surface area contributed by atoms with Gasteiger partial charge in [-0.05, 0) is 18.2 Å². The summed E-state index contributed by atoms with van der Waals surface area (Å²) in [5.41, 5.74) is 4.92. The number of benzene rings is 1. The summed E-state index contributed by atoms with van der Waals surface area (Å²) in [5.74, 6) is -3.25. The molecule has 0 spiro atoms. The van der Waals surface area contributed by atoms with Gasteiger partial charge in [-0.15, -0.1) is 0 Å². The van der Waals surface area contributed by atoms with Crippen molar-refractivity contribution in [2.24, 2.45) is 5.73 Å². The predicted octanol–water partition coefficient (Wildman–Crippen LogP) is 0.728. The SMILES string of the molecule is NC(=O)c1cc(F)ccc1NC(=O)CCC(=O)O. The molecule has 4 N–H and O–H groups in total. The molecule has 0 unspecified atom stereocenters. The van der Waals surface area contributed by atoms with Gasteiger partial charge in [-0.25, -0.2) is 4.39 Å². The smallest absolute Gasteiger partial charge is 0.303 e. The summed E-state index contributed by atoms with van der Waals surface area (Å²) in [6.07, 6.45) is -0.580. The van der Waals surface area contributed by atoms with E-state index in [1.165, 1.54) is 6.07 Å². The van der Waals surface area contributed by atoms with Crippen LogP contribution >= 0.6 is 0 Å². The van der Waals surface area contributed by atoms with Gasteiger partial charge in [-0.3, -0.25) is 14.4 Å². The lowest BCUT2D eigenvalue weighted by molar-refractivity contribution is -0.138. The molecule has 2 amide bonds. The van der Waals surface area contributed by atoms with Gasteiger partial charge in [0.05, 0.1) is 17.7 Å². The van der Waals surface area contributed by atoms with Gasteiger partial charge in [-0.2, -0.15) is 0 Å². The fraction of sp³-hybridized carbons (Fsp3) is 0.182. The Morgan fingerprint density at radius 2 is 1.94 bits per heavy atom. The van der Waals surface area contributed by atoms with E-state index in [1.807, 2.05) is 0 Å². The van der Waals surface area contributed by atoms with E-state index in [9.17, 15) is 18.8 Å². The van der Waals surface area contributed by atoms with Crippen molar-refractivity contribution in [3.05, 3.63) is 29.6 Å². The number of amides is 2. The van der Waals surface area contributed by atoms with Crippen molar-refractivity contribution in [1.29, 1.82) is 0 Å². The number of primary amides is 1. The number of nitrogens with two attached hydrogens (primary N) is 1. The average molecular weight is 254 g/mol. The molecule has 18 heavy (non-hydrogen) atoms. The van der Waals surface area contributed by atoms with E-state index >= 15 is 0 Å². The van der Waals surface area contributed by atoms with Gasteiger partial charge in [0.1, 0.15) is 5.82 Å². The van der Waals surface area contributed by atoms with Crippen LogP contribution in [0.4, 0.5) is 10.1 Å². The zero-order chi connectivity index (χ0) is 13.7. The molecule has 6 nitrogen and oxygen atoms in total. The van der Waals surface area contributed by atoms with Gasteiger partial charge in [0.15, 0.2) is 0 Å². The standard InChI is InChI=1S/C11H11FN2O4/c12-6-1-2-8(7(5-6)11(13)18)14-9(15)3-4-10(16)17/h1-2,5H,3-4H2,(H2,13,18)(H,14,15)(H,16,17). The zero-order valence-corrected chi connectivity index (χ0v) is 9.27. The first-order valence-corrected chi connectivity index (χ1v) is 5.01. The molecular formula is C11H11FN2O4. The summed E-state index contributed by atoms with van der Waals surface area (Å²) in [7, 11) is 0. The molecule has 0 bridgehead atoms. The van der Waals surface area contributed by atoms with Crippen LogP contribution in [-0.2, 0) is 9.59 Å². The van der Waals surface area contributed by atoms with Crippen LogP contribution in [0.3, 0.4) is 0 Å². The first kappa shape index (κ1) is 13.6. The summed E-state index contributed by atoms with van der Waals surface area (Å²) < 4.78 is 12.9. The van der Waals surface area contributed by atoms with Crippen LogP contribution in [0.2, 0.25) is 0 Å². The second-order valence-corrected chi connectivity index (χ2v) is 3.50. The van der Waals surface area contributed by atoms with Crippen molar-refractivity contribution >= 4 is 23.5 Å². The van der Waals surface area contributed by atoms with Gasteiger partial charge in [0, 0.05) is 6.42 Å². The van der Waals surface area contributed by atoms with Crippen LogP contribution in [0.5, 0.6) is 0 Å². The van der Waals surface area contributed by atoms with E-state index in [-0.39, 0.29) is 24.1 Å².